The van der Waals surface area contributed by atoms with E-state index < -0.39 is 0 Å². The number of benzene rings is 1. The van der Waals surface area contributed by atoms with Crippen LogP contribution in [0.25, 0.3) is 0 Å². The summed E-state index contributed by atoms with van der Waals surface area (Å²) in [5.74, 6) is 3.81. The molecule has 8 aromatic rings. The molecule has 3 aliphatic rings. The van der Waals surface area contributed by atoms with Gasteiger partial charge in [0.25, 0.3) is 0 Å². The highest BCUT2D eigenvalue weighted by Crippen LogP contribution is 2.34. The zero-order valence-corrected chi connectivity index (χ0v) is 84.4. The van der Waals surface area contributed by atoms with Crippen molar-refractivity contribution in [3.05, 3.63) is 183 Å². The van der Waals surface area contributed by atoms with Crippen LogP contribution in [0.5, 0.6) is 0 Å². The smallest absolute Gasteiger partial charge is 0.236 e. The average molecular weight is 1650 g/mol. The fraction of sp³-hybridized carbons (Fsp3) is 0.670. The van der Waals surface area contributed by atoms with Gasteiger partial charge in [-0.2, -0.15) is 10.2 Å². The van der Waals surface area contributed by atoms with Gasteiger partial charge in [-0.3, -0.25) is 29.3 Å². The molecule has 3 fully saturated rings. The Hall–Kier alpha value is -7.65. The van der Waals surface area contributed by atoms with Gasteiger partial charge in [0, 0.05) is 150 Å². The first-order valence-electron chi connectivity index (χ1n) is 44.1. The molecule has 0 spiro atoms. The zero-order chi connectivity index (χ0) is 91.8. The van der Waals surface area contributed by atoms with Gasteiger partial charge < -0.3 is 9.80 Å². The van der Waals surface area contributed by atoms with Crippen LogP contribution in [0, 0.1) is 118 Å². The number of carbonyl (C=O) groups excluding carboxylic acids is 1. The maximum absolute atomic E-state index is 11.8. The number of piperidine rings is 1. The molecule has 0 unspecified atom stereocenters. The van der Waals surface area contributed by atoms with Crippen molar-refractivity contribution in [1.29, 1.82) is 0 Å². The number of aromatic nitrogens is 14. The number of amides is 1. The van der Waals surface area contributed by atoms with Crippen LogP contribution < -0.4 is 0 Å². The highest BCUT2D eigenvalue weighted by atomic mass is 16.2. The van der Waals surface area contributed by atoms with Gasteiger partial charge in [-0.1, -0.05) is 191 Å². The fourth-order valence-electron chi connectivity index (χ4n) is 18.7. The van der Waals surface area contributed by atoms with Gasteiger partial charge in [-0.25, -0.2) is 49.8 Å². The van der Waals surface area contributed by atoms with E-state index in [1.807, 2.05) is 60.3 Å². The number of rotatable bonds is 6. The topological polar surface area (TPSA) is 209 Å². The molecule has 668 valence electrons. The van der Waals surface area contributed by atoms with Crippen molar-refractivity contribution in [3.8, 4) is 0 Å². The summed E-state index contributed by atoms with van der Waals surface area (Å²) < 4.78 is 1.95. The summed E-state index contributed by atoms with van der Waals surface area (Å²) in [5.41, 5.74) is 30.5. The fourth-order valence-corrected chi connectivity index (χ4v) is 18.7. The van der Waals surface area contributed by atoms with Crippen LogP contribution >= 0.6 is 0 Å². The third-order valence-corrected chi connectivity index (χ3v) is 22.4. The van der Waals surface area contributed by atoms with Crippen molar-refractivity contribution in [2.24, 2.45) is 7.05 Å². The minimum Gasteiger partial charge on any atom is -0.343 e. The lowest BCUT2D eigenvalue weighted by molar-refractivity contribution is -0.134. The lowest BCUT2D eigenvalue weighted by Gasteiger charge is -2.32. The Bertz CT molecular complexity index is 4410. The molecule has 0 atom stereocenters. The van der Waals surface area contributed by atoms with Crippen LogP contribution in [0.1, 0.15) is 344 Å². The Morgan fingerprint density at radius 3 is 0.900 bits per heavy atom. The molecule has 20 nitrogen and oxygen atoms in total. The summed E-state index contributed by atoms with van der Waals surface area (Å²) in [7, 11) is 6.03. The monoisotopic (exact) mass is 1650 g/mol. The molecular formula is C100H167N19O. The van der Waals surface area contributed by atoms with Crippen LogP contribution in [0.15, 0.2) is 24.5 Å². The summed E-state index contributed by atoms with van der Waals surface area (Å²) >= 11 is 0. The number of carbonyl (C=O) groups is 1. The normalized spacial score (nSPS) is 14.9. The molecule has 11 rings (SSSR count). The first-order chi connectivity index (χ1) is 54.8. The standard InChI is InChI=1S/C16H26N4O.C16H28N4.C16H27N3.C12H18.C11H18N2.C10H18N2.C10H16N2.C9H16N2/c1-11-15(16(3,4)5)12(2)18-13(17-11)9-20-8-7-19(6)14(21)10-20;1-12-15(16(3,4)5)13(2)18-14(17-12)11-20-9-7-19(6)8-10-20;1-12-15(16(3,4)5)13(2)18-14(17-12)11-19-9-7-6-8-10-19;1-9-7-6-8-10(2)11(9)12(3,4)5;1-7-10(11(4,5)6)8(2)13-9(3)12-7;1-7-9(10(3,4)5)8(2)12(6)11-7;1-7-9(10(3,4)5)8(2)12-6-11-7;1-6-8(9(3,4)5)7(2)11-10-6/h7-10H2,1-6H3;7-11H2,1-6H3;6-11H2,1-5H3;6-8H,1-5H3;1-6H3;1-6H3;6H,1-5H3;1-5H3,(H,10,11). The number of aryl methyl sites for hydroxylation is 17. The molecule has 3 aliphatic heterocycles. The van der Waals surface area contributed by atoms with E-state index in [4.69, 9.17) is 19.9 Å². The van der Waals surface area contributed by atoms with Gasteiger partial charge in [-0.15, -0.1) is 0 Å². The molecule has 1 aromatic carbocycles. The number of aromatic amines is 1. The second kappa shape index (κ2) is 43.1. The van der Waals surface area contributed by atoms with Crippen LogP contribution in [0.4, 0.5) is 0 Å². The van der Waals surface area contributed by atoms with E-state index in [0.29, 0.717) is 13.1 Å². The van der Waals surface area contributed by atoms with Crippen LogP contribution in [0.2, 0.25) is 0 Å². The molecule has 0 saturated carbocycles. The van der Waals surface area contributed by atoms with E-state index in [1.165, 1.54) is 99.4 Å². The molecule has 120 heavy (non-hydrogen) atoms. The minimum absolute atomic E-state index is 0.0521. The van der Waals surface area contributed by atoms with E-state index in [-0.39, 0.29) is 49.2 Å². The molecule has 7 aromatic heterocycles. The lowest BCUT2D eigenvalue weighted by atomic mass is 9.81. The van der Waals surface area contributed by atoms with Gasteiger partial charge in [0.2, 0.25) is 5.91 Å². The first-order valence-corrected chi connectivity index (χ1v) is 44.1. The number of hydrogen-bond acceptors (Lipinski definition) is 17. The molecule has 10 heterocycles. The lowest BCUT2D eigenvalue weighted by Crippen LogP contribution is -2.48. The zero-order valence-electron chi connectivity index (χ0n) is 84.4. The van der Waals surface area contributed by atoms with Crippen LogP contribution in [-0.2, 0) is 74.8 Å². The van der Waals surface area contributed by atoms with Crippen molar-refractivity contribution in [2.75, 3.05) is 73.0 Å². The highest BCUT2D eigenvalue weighted by Gasteiger charge is 2.30. The van der Waals surface area contributed by atoms with E-state index >= 15 is 0 Å². The van der Waals surface area contributed by atoms with Crippen molar-refractivity contribution < 1.29 is 4.79 Å². The predicted octanol–water partition coefficient (Wildman–Crippen LogP) is 20.5. The Balaban J connectivity index is 0.000000292. The number of piperazine rings is 2. The van der Waals surface area contributed by atoms with Gasteiger partial charge in [0.1, 0.15) is 29.6 Å². The predicted molar refractivity (Wildman–Crippen MR) is 503 cm³/mol. The number of H-pyrrole nitrogens is 1. The quantitative estimate of drug-likeness (QED) is 0.164. The first kappa shape index (κ1) is 105. The Labute approximate surface area is 730 Å². The van der Waals surface area contributed by atoms with E-state index in [0.717, 1.165) is 144 Å². The summed E-state index contributed by atoms with van der Waals surface area (Å²) in [5, 5.41) is 11.5. The minimum atomic E-state index is 0.0521. The van der Waals surface area contributed by atoms with Crippen molar-refractivity contribution in [1.82, 2.24) is 94.3 Å². The highest BCUT2D eigenvalue weighted by molar-refractivity contribution is 5.78. The molecule has 3 saturated heterocycles. The largest absolute Gasteiger partial charge is 0.343 e. The van der Waals surface area contributed by atoms with Crippen LogP contribution in [-0.4, -0.2) is 173 Å². The average Bonchev–Trinajstić information content (AvgIpc) is 1.24. The molecule has 0 bridgehead atoms. The number of nitrogens with one attached hydrogen (secondary N) is 1. The molecule has 0 aliphatic carbocycles. The second-order valence-electron chi connectivity index (χ2n) is 42.5. The Morgan fingerprint density at radius 2 is 0.633 bits per heavy atom. The van der Waals surface area contributed by atoms with Crippen molar-refractivity contribution in [2.45, 2.75) is 366 Å². The molecule has 1 N–H and O–H groups in total. The summed E-state index contributed by atoms with van der Waals surface area (Å²) in [4.78, 5) is 68.4. The van der Waals surface area contributed by atoms with Gasteiger partial charge in [-0.05, 0) is 222 Å². The number of likely N-dealkylation sites (tertiary alicyclic amines) is 1. The maximum atomic E-state index is 11.8. The third kappa shape index (κ3) is 31.6. The number of likely N-dealkylation sites (N-methyl/N-ethyl adjacent to an activating group) is 2. The van der Waals surface area contributed by atoms with E-state index in [2.05, 4.69) is 332 Å². The van der Waals surface area contributed by atoms with Gasteiger partial charge in [0.05, 0.1) is 37.6 Å². The van der Waals surface area contributed by atoms with E-state index in [9.17, 15) is 4.79 Å². The van der Waals surface area contributed by atoms with E-state index in [1.54, 1.807) is 11.2 Å². The molecule has 0 radical (unpaired) electrons. The summed E-state index contributed by atoms with van der Waals surface area (Å²) in [6.45, 7) is 100.0. The third-order valence-electron chi connectivity index (χ3n) is 22.4. The summed E-state index contributed by atoms with van der Waals surface area (Å²) in [6, 6.07) is 6.50. The molecular weight excluding hydrogens is 1480 g/mol. The van der Waals surface area contributed by atoms with Gasteiger partial charge >= 0.3 is 0 Å². The molecule has 20 heteroatoms. The second-order valence-corrected chi connectivity index (χ2v) is 42.5. The SMILES string of the molecule is Cc1cccc(C)c1C(C)(C)C.Cc1n[nH]c(C)c1C(C)(C)C.Cc1nc(C)c(C(C)(C)C)c(C)n1.Cc1nc(CN2CCCCC2)nc(C)c1C(C)(C)C.Cc1nc(CN2CCN(C)C(=O)C2)nc(C)c1C(C)(C)C.Cc1nc(CN2CCN(C)CC2)nc(C)c1C(C)(C)C.Cc1ncnc(C)c1C(C)(C)C.Cc1nn(C)c(C)c1C(C)(C)C. The Morgan fingerprint density at radius 1 is 0.325 bits per heavy atom. The van der Waals surface area contributed by atoms with Crippen LogP contribution in [0.3, 0.4) is 0 Å². The number of hydrogen-bond donors (Lipinski definition) is 1. The summed E-state index contributed by atoms with van der Waals surface area (Å²) in [6.07, 6.45) is 5.63. The maximum Gasteiger partial charge on any atom is 0.236 e. The Kier molecular flexibility index (Phi) is 37.6. The van der Waals surface area contributed by atoms with Gasteiger partial charge in [0.15, 0.2) is 0 Å². The van der Waals surface area contributed by atoms with Crippen molar-refractivity contribution >= 4 is 5.91 Å². The van der Waals surface area contributed by atoms with Crippen molar-refractivity contribution in [3.63, 3.8) is 0 Å². The number of nitrogens with zero attached hydrogens (tertiary/aromatic N) is 18. The molecule has 1 amide bonds.